The Morgan fingerprint density at radius 1 is 1.25 bits per heavy atom. The third-order valence-electron chi connectivity index (χ3n) is 2.27. The van der Waals surface area contributed by atoms with Crippen molar-refractivity contribution in [1.29, 1.82) is 5.41 Å². The summed E-state index contributed by atoms with van der Waals surface area (Å²) in [5.41, 5.74) is 2.02. The van der Waals surface area contributed by atoms with Crippen molar-refractivity contribution < 1.29 is 0 Å². The van der Waals surface area contributed by atoms with Gasteiger partial charge in [-0.3, -0.25) is 0 Å². The topological polar surface area (TPSA) is 54.6 Å². The summed E-state index contributed by atoms with van der Waals surface area (Å²) in [6, 6.07) is 0.220. The molecule has 0 amide bonds. The Kier molecular flexibility index (Phi) is 3.99. The molecular formula is C12H20N4. The highest BCUT2D eigenvalue weighted by molar-refractivity contribution is 6.00. The second kappa shape index (κ2) is 5.05. The van der Waals surface area contributed by atoms with Gasteiger partial charge in [-0.15, -0.1) is 0 Å². The fourth-order valence-corrected chi connectivity index (χ4v) is 1.30. The van der Waals surface area contributed by atoms with Crippen LogP contribution in [0, 0.1) is 11.3 Å². The highest BCUT2D eigenvalue weighted by Crippen LogP contribution is 2.13. The normalized spacial score (nSPS) is 11.9. The van der Waals surface area contributed by atoms with Crippen LogP contribution in [-0.2, 0) is 0 Å². The molecule has 1 aromatic rings. The molecule has 1 heterocycles. The molecule has 0 unspecified atom stereocenters. The monoisotopic (exact) mass is 220 g/mol. The number of nitrogens with zero attached hydrogens (tertiary/aromatic N) is 3. The first-order valence-electron chi connectivity index (χ1n) is 5.65. The summed E-state index contributed by atoms with van der Waals surface area (Å²) in [6.07, 6.45) is 3.82. The minimum atomic E-state index is 0.168. The number of hydrogen-bond acceptors (Lipinski definition) is 3. The highest BCUT2D eigenvalue weighted by atomic mass is 15.5. The van der Waals surface area contributed by atoms with Gasteiger partial charge in [0.25, 0.3) is 0 Å². The highest BCUT2D eigenvalue weighted by Gasteiger charge is 2.16. The smallest absolute Gasteiger partial charge is 0.134 e. The summed E-state index contributed by atoms with van der Waals surface area (Å²) in [5, 5.41) is 16.8. The van der Waals surface area contributed by atoms with E-state index < -0.39 is 0 Å². The van der Waals surface area contributed by atoms with E-state index in [2.05, 4.69) is 10.2 Å². The summed E-state index contributed by atoms with van der Waals surface area (Å²) in [6.45, 7) is 9.99. The van der Waals surface area contributed by atoms with Crippen molar-refractivity contribution in [2.75, 3.05) is 0 Å². The molecule has 4 heteroatoms. The number of allylic oxidation sites excluding steroid dienone is 1. The predicted molar refractivity (Wildman–Crippen MR) is 66.8 cm³/mol. The molecule has 0 saturated carbocycles. The maximum atomic E-state index is 8.01. The zero-order valence-corrected chi connectivity index (χ0v) is 10.7. The van der Waals surface area contributed by atoms with Gasteiger partial charge in [0.2, 0.25) is 0 Å². The van der Waals surface area contributed by atoms with Crippen molar-refractivity contribution >= 4 is 11.8 Å². The molecule has 1 N–H and O–H groups in total. The number of hydrogen-bond donors (Lipinski definition) is 1. The van der Waals surface area contributed by atoms with E-state index in [1.54, 1.807) is 4.80 Å². The van der Waals surface area contributed by atoms with E-state index in [4.69, 9.17) is 5.41 Å². The van der Waals surface area contributed by atoms with Crippen LogP contribution in [0.1, 0.15) is 52.0 Å². The molecule has 0 aromatic carbocycles. The second-order valence-corrected chi connectivity index (χ2v) is 4.42. The van der Waals surface area contributed by atoms with Crippen molar-refractivity contribution in [2.45, 2.75) is 40.7 Å². The van der Waals surface area contributed by atoms with E-state index in [-0.39, 0.29) is 12.0 Å². The zero-order chi connectivity index (χ0) is 12.3. The first-order valence-corrected chi connectivity index (χ1v) is 5.65. The third-order valence-corrected chi connectivity index (χ3v) is 2.27. The summed E-state index contributed by atoms with van der Waals surface area (Å²) in [5.74, 6) is 0.168. The van der Waals surface area contributed by atoms with Crippen molar-refractivity contribution in [2.24, 2.45) is 5.92 Å². The van der Waals surface area contributed by atoms with Gasteiger partial charge >= 0.3 is 0 Å². The Bertz CT molecular complexity index is 399. The van der Waals surface area contributed by atoms with Gasteiger partial charge in [0.15, 0.2) is 0 Å². The lowest BCUT2D eigenvalue weighted by Gasteiger charge is -2.04. The largest absolute Gasteiger partial charge is 0.303 e. The fourth-order valence-electron chi connectivity index (χ4n) is 1.30. The van der Waals surface area contributed by atoms with E-state index in [0.29, 0.717) is 11.4 Å². The third kappa shape index (κ3) is 2.56. The molecule has 0 aliphatic rings. The van der Waals surface area contributed by atoms with Crippen LogP contribution in [-0.4, -0.2) is 20.7 Å². The van der Waals surface area contributed by atoms with Crippen LogP contribution in [0.5, 0.6) is 0 Å². The Morgan fingerprint density at radius 3 is 2.31 bits per heavy atom. The van der Waals surface area contributed by atoms with Crippen molar-refractivity contribution in [3.8, 4) is 0 Å². The first kappa shape index (κ1) is 12.6. The summed E-state index contributed by atoms with van der Waals surface area (Å²) in [4.78, 5) is 1.67. The van der Waals surface area contributed by atoms with E-state index in [0.717, 1.165) is 5.69 Å². The van der Waals surface area contributed by atoms with Crippen LogP contribution in [0.3, 0.4) is 0 Å². The van der Waals surface area contributed by atoms with Crippen LogP contribution in [0.4, 0.5) is 0 Å². The van der Waals surface area contributed by atoms with Crippen molar-refractivity contribution in [1.82, 2.24) is 15.0 Å². The van der Waals surface area contributed by atoms with Gasteiger partial charge in [-0.25, -0.2) is 0 Å². The molecule has 1 rings (SSSR count). The molecule has 0 aliphatic carbocycles. The Labute approximate surface area is 96.9 Å². The van der Waals surface area contributed by atoms with Crippen LogP contribution in [0.25, 0.3) is 6.08 Å². The van der Waals surface area contributed by atoms with Crippen LogP contribution >= 0.6 is 0 Å². The molecule has 1 aromatic heterocycles. The molecule has 4 nitrogen and oxygen atoms in total. The molecule has 0 saturated heterocycles. The van der Waals surface area contributed by atoms with Crippen molar-refractivity contribution in [3.63, 3.8) is 0 Å². The van der Waals surface area contributed by atoms with Crippen LogP contribution in [0.2, 0.25) is 0 Å². The summed E-state index contributed by atoms with van der Waals surface area (Å²) >= 11 is 0. The number of aromatic nitrogens is 3. The SMILES string of the molecule is C/C=C\c1nn(C(C)C)nc1C(=N)C(C)C. The fraction of sp³-hybridized carbons (Fsp3) is 0.583. The van der Waals surface area contributed by atoms with Gasteiger partial charge in [0.1, 0.15) is 11.4 Å². The van der Waals surface area contributed by atoms with Gasteiger partial charge in [-0.1, -0.05) is 19.9 Å². The lowest BCUT2D eigenvalue weighted by Crippen LogP contribution is -2.11. The average molecular weight is 220 g/mol. The molecule has 0 spiro atoms. The lowest BCUT2D eigenvalue weighted by molar-refractivity contribution is 0.465. The molecular weight excluding hydrogens is 200 g/mol. The van der Waals surface area contributed by atoms with Gasteiger partial charge in [0.05, 0.1) is 11.8 Å². The first-order chi connectivity index (χ1) is 7.47. The molecule has 0 aliphatic heterocycles. The van der Waals surface area contributed by atoms with E-state index in [1.165, 1.54) is 0 Å². The van der Waals surface area contributed by atoms with E-state index in [9.17, 15) is 0 Å². The minimum absolute atomic E-state index is 0.168. The van der Waals surface area contributed by atoms with E-state index in [1.807, 2.05) is 46.8 Å². The molecule has 88 valence electrons. The van der Waals surface area contributed by atoms with Gasteiger partial charge in [-0.2, -0.15) is 15.0 Å². The predicted octanol–water partition coefficient (Wildman–Crippen LogP) is 2.92. The summed E-state index contributed by atoms with van der Waals surface area (Å²) < 4.78 is 0. The number of rotatable bonds is 4. The van der Waals surface area contributed by atoms with Crippen LogP contribution < -0.4 is 0 Å². The minimum Gasteiger partial charge on any atom is -0.303 e. The van der Waals surface area contributed by atoms with Gasteiger partial charge < -0.3 is 5.41 Å². The molecule has 0 atom stereocenters. The molecule has 0 fully saturated rings. The summed E-state index contributed by atoms with van der Waals surface area (Å²) in [7, 11) is 0. The maximum absolute atomic E-state index is 8.01. The Hall–Kier alpha value is -1.45. The quantitative estimate of drug-likeness (QED) is 0.793. The number of nitrogens with one attached hydrogen (secondary N) is 1. The Balaban J connectivity index is 3.20. The maximum Gasteiger partial charge on any atom is 0.134 e. The van der Waals surface area contributed by atoms with E-state index >= 15 is 0 Å². The molecule has 0 bridgehead atoms. The Morgan fingerprint density at radius 2 is 1.88 bits per heavy atom. The van der Waals surface area contributed by atoms with Gasteiger partial charge in [-0.05, 0) is 32.8 Å². The van der Waals surface area contributed by atoms with Crippen LogP contribution in [0.15, 0.2) is 6.08 Å². The van der Waals surface area contributed by atoms with Gasteiger partial charge in [0, 0.05) is 0 Å². The average Bonchev–Trinajstić information content (AvgIpc) is 2.61. The zero-order valence-electron chi connectivity index (χ0n) is 10.7. The standard InChI is InChI=1S/C12H20N4/c1-6-7-10-12(11(13)8(2)3)15-16(14-10)9(4)5/h6-9,13H,1-5H3/b7-6-,13-11?. The molecule has 16 heavy (non-hydrogen) atoms. The lowest BCUT2D eigenvalue weighted by atomic mass is 10.0. The molecule has 0 radical (unpaired) electrons. The van der Waals surface area contributed by atoms with Crippen molar-refractivity contribution in [3.05, 3.63) is 17.5 Å². The second-order valence-electron chi connectivity index (χ2n) is 4.42.